The zero-order chi connectivity index (χ0) is 18.6. The Morgan fingerprint density at radius 3 is 2.32 bits per heavy atom. The van der Waals surface area contributed by atoms with Gasteiger partial charge < -0.3 is 10.6 Å². The number of benzene rings is 1. The van der Waals surface area contributed by atoms with Crippen LogP contribution in [0.15, 0.2) is 24.3 Å². The largest absolute Gasteiger partial charge is 0.352 e. The van der Waals surface area contributed by atoms with Crippen molar-refractivity contribution in [3.05, 3.63) is 34.9 Å². The van der Waals surface area contributed by atoms with Crippen molar-refractivity contribution in [2.24, 2.45) is 0 Å². The Bertz CT molecular complexity index is 658. The van der Waals surface area contributed by atoms with E-state index in [1.807, 2.05) is 20.8 Å². The van der Waals surface area contributed by atoms with Gasteiger partial charge in [0.05, 0.1) is 0 Å². The number of hydrogen-bond donors (Lipinski definition) is 2. The molecule has 1 heterocycles. The van der Waals surface area contributed by atoms with Gasteiger partial charge in [0.1, 0.15) is 12.1 Å². The number of imide groups is 1. The molecule has 0 aliphatic carbocycles. The molecule has 1 aromatic carbocycles. The van der Waals surface area contributed by atoms with Crippen LogP contribution in [0.1, 0.15) is 45.6 Å². The second-order valence-corrected chi connectivity index (χ2v) is 6.60. The van der Waals surface area contributed by atoms with Gasteiger partial charge in [-0.1, -0.05) is 44.5 Å². The molecular formula is C18H24ClN3O3. The molecule has 0 spiro atoms. The van der Waals surface area contributed by atoms with Gasteiger partial charge in [0.25, 0.3) is 5.91 Å². The molecule has 1 aliphatic heterocycles. The van der Waals surface area contributed by atoms with E-state index < -0.39 is 17.5 Å². The summed E-state index contributed by atoms with van der Waals surface area (Å²) in [5.41, 5.74) is -0.503. The minimum Gasteiger partial charge on any atom is -0.352 e. The average molecular weight is 366 g/mol. The summed E-state index contributed by atoms with van der Waals surface area (Å²) in [6.45, 7) is 5.49. The summed E-state index contributed by atoms with van der Waals surface area (Å²) >= 11 is 5.91. The van der Waals surface area contributed by atoms with Gasteiger partial charge in [0, 0.05) is 11.1 Å². The van der Waals surface area contributed by atoms with Crippen LogP contribution < -0.4 is 10.6 Å². The molecule has 1 atom stereocenters. The topological polar surface area (TPSA) is 78.5 Å². The Balaban J connectivity index is 2.20. The number of nitrogens with zero attached hydrogens (tertiary/aromatic N) is 1. The van der Waals surface area contributed by atoms with E-state index in [1.54, 1.807) is 24.3 Å². The monoisotopic (exact) mass is 365 g/mol. The summed E-state index contributed by atoms with van der Waals surface area (Å²) in [4.78, 5) is 38.5. The molecule has 1 saturated heterocycles. The van der Waals surface area contributed by atoms with Gasteiger partial charge in [-0.05, 0) is 37.0 Å². The van der Waals surface area contributed by atoms with Gasteiger partial charge in [-0.3, -0.25) is 14.5 Å². The zero-order valence-corrected chi connectivity index (χ0v) is 15.5. The Morgan fingerprint density at radius 1 is 1.20 bits per heavy atom. The summed E-state index contributed by atoms with van der Waals surface area (Å²) < 4.78 is 0. The fourth-order valence-electron chi connectivity index (χ4n) is 3.05. The number of amides is 4. The summed E-state index contributed by atoms with van der Waals surface area (Å²) in [6.07, 6.45) is 1.97. The first-order valence-electron chi connectivity index (χ1n) is 8.57. The maximum absolute atomic E-state index is 12.9. The smallest absolute Gasteiger partial charge is 0.325 e. The van der Waals surface area contributed by atoms with Crippen LogP contribution in [-0.2, 0) is 15.1 Å². The molecule has 0 bridgehead atoms. The highest BCUT2D eigenvalue weighted by Gasteiger charge is 2.51. The summed E-state index contributed by atoms with van der Waals surface area (Å²) in [5.74, 6) is -0.748. The fraction of sp³-hybridized carbons (Fsp3) is 0.500. The van der Waals surface area contributed by atoms with Gasteiger partial charge >= 0.3 is 6.03 Å². The zero-order valence-electron chi connectivity index (χ0n) is 14.8. The maximum Gasteiger partial charge on any atom is 0.325 e. The highest BCUT2D eigenvalue weighted by atomic mass is 35.5. The standard InChI is InChI=1S/C18H24ClN3O3/c1-4-14(5-2)20-15(23)11-22-16(24)18(6-3,21-17(22)25)12-7-9-13(19)10-8-12/h7-10,14H,4-6,11H2,1-3H3,(H,20,23)(H,21,25)/t18-/m1/s1. The molecule has 0 unspecified atom stereocenters. The van der Waals surface area contributed by atoms with Crippen molar-refractivity contribution in [1.29, 1.82) is 0 Å². The molecule has 1 aromatic rings. The minimum atomic E-state index is -1.16. The SMILES string of the molecule is CCC(CC)NC(=O)CN1C(=O)N[C@](CC)(c2ccc(Cl)cc2)C1=O. The number of carbonyl (C=O) groups excluding carboxylic acids is 3. The van der Waals surface area contributed by atoms with E-state index in [0.717, 1.165) is 17.7 Å². The highest BCUT2D eigenvalue weighted by Crippen LogP contribution is 2.32. The van der Waals surface area contributed by atoms with Crippen LogP contribution in [0, 0.1) is 0 Å². The van der Waals surface area contributed by atoms with E-state index in [2.05, 4.69) is 10.6 Å². The molecule has 1 aliphatic rings. The Kier molecular flexibility index (Phi) is 6.06. The Labute approximate surface area is 152 Å². The number of halogens is 1. The third-order valence-corrected chi connectivity index (χ3v) is 4.95. The van der Waals surface area contributed by atoms with E-state index in [4.69, 9.17) is 11.6 Å². The lowest BCUT2D eigenvalue weighted by Gasteiger charge is -2.26. The average Bonchev–Trinajstić information content (AvgIpc) is 2.85. The van der Waals surface area contributed by atoms with E-state index in [0.29, 0.717) is 17.0 Å². The number of carbonyl (C=O) groups is 3. The Morgan fingerprint density at radius 2 is 1.80 bits per heavy atom. The lowest BCUT2D eigenvalue weighted by molar-refractivity contribution is -0.135. The van der Waals surface area contributed by atoms with Crippen LogP contribution in [-0.4, -0.2) is 35.3 Å². The minimum absolute atomic E-state index is 0.0421. The van der Waals surface area contributed by atoms with Crippen molar-refractivity contribution in [3.8, 4) is 0 Å². The molecule has 2 rings (SSSR count). The van der Waals surface area contributed by atoms with Crippen molar-refractivity contribution in [2.45, 2.75) is 51.6 Å². The second kappa shape index (κ2) is 7.87. The Hall–Kier alpha value is -2.08. The molecule has 7 heteroatoms. The van der Waals surface area contributed by atoms with Crippen molar-refractivity contribution >= 4 is 29.4 Å². The number of urea groups is 1. The normalized spacial score (nSPS) is 20.1. The van der Waals surface area contributed by atoms with Crippen molar-refractivity contribution in [3.63, 3.8) is 0 Å². The van der Waals surface area contributed by atoms with Crippen molar-refractivity contribution in [1.82, 2.24) is 15.5 Å². The summed E-state index contributed by atoms with van der Waals surface area (Å²) in [5, 5.41) is 6.15. The van der Waals surface area contributed by atoms with Crippen molar-refractivity contribution in [2.75, 3.05) is 6.54 Å². The van der Waals surface area contributed by atoms with Gasteiger partial charge in [0.15, 0.2) is 0 Å². The molecule has 0 radical (unpaired) electrons. The molecule has 6 nitrogen and oxygen atoms in total. The first-order valence-corrected chi connectivity index (χ1v) is 8.95. The van der Waals surface area contributed by atoms with Crippen molar-refractivity contribution < 1.29 is 14.4 Å². The molecular weight excluding hydrogens is 342 g/mol. The first-order chi connectivity index (χ1) is 11.9. The third kappa shape index (κ3) is 3.79. The van der Waals surface area contributed by atoms with E-state index >= 15 is 0 Å². The fourth-order valence-corrected chi connectivity index (χ4v) is 3.18. The van der Waals surface area contributed by atoms with E-state index in [9.17, 15) is 14.4 Å². The molecule has 25 heavy (non-hydrogen) atoms. The maximum atomic E-state index is 12.9. The molecule has 0 aromatic heterocycles. The molecule has 2 N–H and O–H groups in total. The third-order valence-electron chi connectivity index (χ3n) is 4.70. The predicted molar refractivity (Wildman–Crippen MR) is 96.2 cm³/mol. The highest BCUT2D eigenvalue weighted by molar-refractivity contribution is 6.30. The van der Waals surface area contributed by atoms with Crippen LogP contribution in [0.3, 0.4) is 0 Å². The van der Waals surface area contributed by atoms with Crippen LogP contribution >= 0.6 is 11.6 Å². The van der Waals surface area contributed by atoms with Gasteiger partial charge in [-0.2, -0.15) is 0 Å². The molecule has 1 fully saturated rings. The van der Waals surface area contributed by atoms with Gasteiger partial charge in [0.2, 0.25) is 5.91 Å². The number of nitrogens with one attached hydrogen (secondary N) is 2. The number of rotatable bonds is 7. The van der Waals surface area contributed by atoms with E-state index in [-0.39, 0.29) is 18.5 Å². The first kappa shape index (κ1) is 19.2. The van der Waals surface area contributed by atoms with Gasteiger partial charge in [-0.15, -0.1) is 0 Å². The summed E-state index contributed by atoms with van der Waals surface area (Å²) in [7, 11) is 0. The summed E-state index contributed by atoms with van der Waals surface area (Å²) in [6, 6.07) is 6.28. The number of hydrogen-bond acceptors (Lipinski definition) is 3. The predicted octanol–water partition coefficient (Wildman–Crippen LogP) is 2.80. The van der Waals surface area contributed by atoms with Crippen LogP contribution in [0.25, 0.3) is 0 Å². The second-order valence-electron chi connectivity index (χ2n) is 6.17. The quantitative estimate of drug-likeness (QED) is 0.729. The van der Waals surface area contributed by atoms with Gasteiger partial charge in [-0.25, -0.2) is 4.79 Å². The molecule has 136 valence electrons. The van der Waals surface area contributed by atoms with Crippen LogP contribution in [0.2, 0.25) is 5.02 Å². The van der Waals surface area contributed by atoms with Crippen LogP contribution in [0.5, 0.6) is 0 Å². The van der Waals surface area contributed by atoms with Crippen LogP contribution in [0.4, 0.5) is 4.79 Å². The lowest BCUT2D eigenvalue weighted by Crippen LogP contribution is -2.46. The molecule has 0 saturated carbocycles. The van der Waals surface area contributed by atoms with E-state index in [1.165, 1.54) is 0 Å². The molecule has 4 amide bonds. The lowest BCUT2D eigenvalue weighted by atomic mass is 9.87.